The second kappa shape index (κ2) is 5.69. The van der Waals surface area contributed by atoms with Gasteiger partial charge in [0.05, 0.1) is 0 Å². The van der Waals surface area contributed by atoms with Gasteiger partial charge in [-0.05, 0) is 19.3 Å². The molecule has 1 radical (unpaired) electrons. The van der Waals surface area contributed by atoms with Gasteiger partial charge < -0.3 is 0 Å². The van der Waals surface area contributed by atoms with Crippen LogP contribution in [0, 0.1) is 24.7 Å². The van der Waals surface area contributed by atoms with E-state index in [1.165, 1.54) is 6.42 Å². The summed E-state index contributed by atoms with van der Waals surface area (Å²) in [6, 6.07) is 0. The van der Waals surface area contributed by atoms with Gasteiger partial charge in [-0.1, -0.05) is 20.3 Å². The molecule has 0 fully saturated rings. The van der Waals surface area contributed by atoms with Crippen molar-refractivity contribution in [2.75, 3.05) is 0 Å². The molecule has 0 nitrogen and oxygen atoms in total. The SMILES string of the molecule is [CH2]CCC(C)CC#CC. The van der Waals surface area contributed by atoms with Gasteiger partial charge in [-0.15, -0.1) is 11.8 Å². The van der Waals surface area contributed by atoms with Gasteiger partial charge in [-0.2, -0.15) is 0 Å². The van der Waals surface area contributed by atoms with Crippen LogP contribution in [0.15, 0.2) is 0 Å². The van der Waals surface area contributed by atoms with Crippen molar-refractivity contribution < 1.29 is 0 Å². The van der Waals surface area contributed by atoms with Gasteiger partial charge >= 0.3 is 0 Å². The summed E-state index contributed by atoms with van der Waals surface area (Å²) in [6.45, 7) is 7.89. The van der Waals surface area contributed by atoms with Crippen molar-refractivity contribution in [2.45, 2.75) is 33.1 Å². The van der Waals surface area contributed by atoms with Gasteiger partial charge in [0.25, 0.3) is 0 Å². The molecule has 1 atom stereocenters. The highest BCUT2D eigenvalue weighted by Crippen LogP contribution is 2.07. The van der Waals surface area contributed by atoms with Gasteiger partial charge in [0.15, 0.2) is 0 Å². The van der Waals surface area contributed by atoms with Crippen molar-refractivity contribution in [1.29, 1.82) is 0 Å². The number of hydrogen-bond donors (Lipinski definition) is 0. The summed E-state index contributed by atoms with van der Waals surface area (Å²) in [6.07, 6.45) is 3.27. The van der Waals surface area contributed by atoms with Gasteiger partial charge in [-0.3, -0.25) is 0 Å². The molecule has 0 bridgehead atoms. The molecule has 0 N–H and O–H groups in total. The third kappa shape index (κ3) is 5.43. The minimum atomic E-state index is 0.731. The molecule has 0 aliphatic rings. The average molecular weight is 123 g/mol. The quantitative estimate of drug-likeness (QED) is 0.506. The maximum Gasteiger partial charge on any atom is 0.0114 e. The van der Waals surface area contributed by atoms with Crippen molar-refractivity contribution >= 4 is 0 Å². The van der Waals surface area contributed by atoms with Crippen molar-refractivity contribution in [1.82, 2.24) is 0 Å². The Morgan fingerprint density at radius 3 is 2.67 bits per heavy atom. The Labute approximate surface area is 58.7 Å². The molecule has 0 spiro atoms. The molecule has 9 heavy (non-hydrogen) atoms. The van der Waals surface area contributed by atoms with Gasteiger partial charge in [0.2, 0.25) is 0 Å². The van der Waals surface area contributed by atoms with Crippen molar-refractivity contribution in [3.63, 3.8) is 0 Å². The van der Waals surface area contributed by atoms with Crippen molar-refractivity contribution in [3.05, 3.63) is 6.92 Å². The summed E-state index contributed by atoms with van der Waals surface area (Å²) >= 11 is 0. The van der Waals surface area contributed by atoms with E-state index in [1.54, 1.807) is 0 Å². The lowest BCUT2D eigenvalue weighted by molar-refractivity contribution is 0.553. The molecule has 0 aromatic heterocycles. The molecule has 0 aromatic carbocycles. The lowest BCUT2D eigenvalue weighted by atomic mass is 10.0. The van der Waals surface area contributed by atoms with Gasteiger partial charge in [0, 0.05) is 6.42 Å². The highest BCUT2D eigenvalue weighted by atomic mass is 14.0. The van der Waals surface area contributed by atoms with Crippen molar-refractivity contribution in [3.8, 4) is 11.8 Å². The minimum Gasteiger partial charge on any atom is -0.107 e. The lowest BCUT2D eigenvalue weighted by Crippen LogP contribution is -1.90. The molecule has 0 aromatic rings. The average Bonchev–Trinajstić information content (AvgIpc) is 1.85. The Balaban J connectivity index is 3.22. The van der Waals surface area contributed by atoms with E-state index in [0.29, 0.717) is 0 Å². The Bertz CT molecular complexity index is 103. The molecule has 0 saturated heterocycles. The van der Waals surface area contributed by atoms with Crippen LogP contribution in [0.2, 0.25) is 0 Å². The molecular formula is C9H15. The maximum absolute atomic E-state index is 3.79. The molecule has 0 saturated carbocycles. The molecule has 51 valence electrons. The third-order valence-corrected chi connectivity index (χ3v) is 1.32. The summed E-state index contributed by atoms with van der Waals surface area (Å²) in [5.74, 6) is 6.67. The third-order valence-electron chi connectivity index (χ3n) is 1.32. The Morgan fingerprint density at radius 2 is 2.22 bits per heavy atom. The zero-order valence-electron chi connectivity index (χ0n) is 6.41. The predicted molar refractivity (Wildman–Crippen MR) is 41.8 cm³/mol. The monoisotopic (exact) mass is 123 g/mol. The Morgan fingerprint density at radius 1 is 1.56 bits per heavy atom. The first-order chi connectivity index (χ1) is 4.31. The molecule has 0 aliphatic heterocycles. The lowest BCUT2D eigenvalue weighted by Gasteiger charge is -2.02. The Hall–Kier alpha value is -0.440. The van der Waals surface area contributed by atoms with Crippen LogP contribution in [0.4, 0.5) is 0 Å². The summed E-state index contributed by atoms with van der Waals surface area (Å²) < 4.78 is 0. The minimum absolute atomic E-state index is 0.731. The highest BCUT2D eigenvalue weighted by Gasteiger charge is 1.95. The fourth-order valence-electron chi connectivity index (χ4n) is 0.727. The van der Waals surface area contributed by atoms with E-state index in [9.17, 15) is 0 Å². The highest BCUT2D eigenvalue weighted by molar-refractivity contribution is 4.95. The van der Waals surface area contributed by atoms with Gasteiger partial charge in [-0.25, -0.2) is 0 Å². The van der Waals surface area contributed by atoms with Crippen LogP contribution in [-0.2, 0) is 0 Å². The summed E-state index contributed by atoms with van der Waals surface area (Å²) in [7, 11) is 0. The molecule has 0 heterocycles. The fraction of sp³-hybridized carbons (Fsp3) is 0.667. The van der Waals surface area contributed by atoms with E-state index in [-0.39, 0.29) is 0 Å². The maximum atomic E-state index is 3.79. The second-order valence-electron chi connectivity index (χ2n) is 2.38. The summed E-state index contributed by atoms with van der Waals surface area (Å²) in [5, 5.41) is 0. The normalized spacial score (nSPS) is 11.9. The molecule has 0 aliphatic carbocycles. The summed E-state index contributed by atoms with van der Waals surface area (Å²) in [5.41, 5.74) is 0. The smallest absolute Gasteiger partial charge is 0.0114 e. The molecule has 1 unspecified atom stereocenters. The van der Waals surface area contributed by atoms with Crippen LogP contribution in [0.3, 0.4) is 0 Å². The molecule has 0 amide bonds. The first-order valence-corrected chi connectivity index (χ1v) is 3.50. The van der Waals surface area contributed by atoms with Crippen LogP contribution in [-0.4, -0.2) is 0 Å². The largest absolute Gasteiger partial charge is 0.107 e. The van der Waals surface area contributed by atoms with E-state index in [0.717, 1.165) is 18.8 Å². The van der Waals surface area contributed by atoms with Crippen LogP contribution >= 0.6 is 0 Å². The van der Waals surface area contributed by atoms with Crippen LogP contribution in [0.5, 0.6) is 0 Å². The van der Waals surface area contributed by atoms with E-state index in [1.807, 2.05) is 6.92 Å². The van der Waals surface area contributed by atoms with E-state index in [4.69, 9.17) is 0 Å². The second-order valence-corrected chi connectivity index (χ2v) is 2.38. The first-order valence-electron chi connectivity index (χ1n) is 3.50. The zero-order valence-corrected chi connectivity index (χ0v) is 6.41. The fourth-order valence-corrected chi connectivity index (χ4v) is 0.727. The zero-order chi connectivity index (χ0) is 7.11. The van der Waals surface area contributed by atoms with Crippen LogP contribution < -0.4 is 0 Å². The summed E-state index contributed by atoms with van der Waals surface area (Å²) in [4.78, 5) is 0. The molecule has 0 rings (SSSR count). The van der Waals surface area contributed by atoms with E-state index in [2.05, 4.69) is 25.7 Å². The molecule has 0 heteroatoms. The first kappa shape index (κ1) is 8.56. The van der Waals surface area contributed by atoms with Gasteiger partial charge in [0.1, 0.15) is 0 Å². The standard InChI is InChI=1S/C9H15/c1-4-6-8-9(3)7-5-2/h9H,2,5,7-8H2,1,3H3. The van der Waals surface area contributed by atoms with Crippen molar-refractivity contribution in [2.24, 2.45) is 5.92 Å². The topological polar surface area (TPSA) is 0 Å². The van der Waals surface area contributed by atoms with Crippen LogP contribution in [0.25, 0.3) is 0 Å². The Kier molecular flexibility index (Phi) is 5.41. The molecular weight excluding hydrogens is 108 g/mol. The van der Waals surface area contributed by atoms with E-state index >= 15 is 0 Å². The number of rotatable bonds is 3. The number of hydrogen-bond acceptors (Lipinski definition) is 0. The predicted octanol–water partition coefficient (Wildman–Crippen LogP) is 2.65. The van der Waals surface area contributed by atoms with E-state index < -0.39 is 0 Å². The van der Waals surface area contributed by atoms with Crippen LogP contribution in [0.1, 0.15) is 33.1 Å².